The minimum absolute atomic E-state index is 0.127. The number of nitrogen functional groups attached to an aromatic ring is 1. The molecule has 1 saturated heterocycles. The van der Waals surface area contributed by atoms with E-state index < -0.39 is 17.9 Å². The Morgan fingerprint density at radius 3 is 2.81 bits per heavy atom. The first-order chi connectivity index (χ1) is 9.95. The van der Waals surface area contributed by atoms with E-state index in [9.17, 15) is 14.7 Å². The van der Waals surface area contributed by atoms with Crippen LogP contribution in [0.1, 0.15) is 17.3 Å². The van der Waals surface area contributed by atoms with Crippen LogP contribution >= 0.6 is 15.9 Å². The number of carbonyl (C=O) groups is 2. The first-order valence-corrected chi connectivity index (χ1v) is 7.41. The zero-order valence-corrected chi connectivity index (χ0v) is 13.2. The maximum atomic E-state index is 12.7. The Bertz CT molecular complexity index is 564. The van der Waals surface area contributed by atoms with Crippen molar-refractivity contribution >= 4 is 33.5 Å². The summed E-state index contributed by atoms with van der Waals surface area (Å²) in [6.07, 6.45) is 0. The second-order valence-corrected chi connectivity index (χ2v) is 5.73. The third-order valence-corrected chi connectivity index (χ3v) is 4.28. The van der Waals surface area contributed by atoms with E-state index in [2.05, 4.69) is 15.9 Å². The standard InChI is InChI=1S/C14H17BrN2O4/c1-2-17(12-7-21-6-10(12)14(19)20)13(18)9-5-8(16)3-4-11(9)15/h3-5,10,12H,2,6-7,16H2,1H3,(H,19,20). The molecule has 2 atom stereocenters. The number of nitrogens with zero attached hydrogens (tertiary/aromatic N) is 1. The summed E-state index contributed by atoms with van der Waals surface area (Å²) >= 11 is 3.33. The number of carboxylic acid groups (broad SMARTS) is 1. The van der Waals surface area contributed by atoms with E-state index in [0.29, 0.717) is 22.3 Å². The van der Waals surface area contributed by atoms with Crippen LogP contribution in [0, 0.1) is 5.92 Å². The molecule has 0 aliphatic carbocycles. The highest BCUT2D eigenvalue weighted by atomic mass is 79.9. The smallest absolute Gasteiger partial charge is 0.311 e. The van der Waals surface area contributed by atoms with E-state index in [-0.39, 0.29) is 19.1 Å². The van der Waals surface area contributed by atoms with Crippen molar-refractivity contribution in [1.82, 2.24) is 4.90 Å². The van der Waals surface area contributed by atoms with Crippen LogP contribution < -0.4 is 5.73 Å². The SMILES string of the molecule is CCN(C(=O)c1cc(N)ccc1Br)C1COCC1C(=O)O. The van der Waals surface area contributed by atoms with Crippen LogP contribution in [0.4, 0.5) is 5.69 Å². The summed E-state index contributed by atoms with van der Waals surface area (Å²) in [6, 6.07) is 4.51. The highest BCUT2D eigenvalue weighted by molar-refractivity contribution is 9.10. The zero-order valence-electron chi connectivity index (χ0n) is 11.6. The van der Waals surface area contributed by atoms with Gasteiger partial charge in [0, 0.05) is 16.7 Å². The minimum atomic E-state index is -0.949. The maximum absolute atomic E-state index is 12.7. The van der Waals surface area contributed by atoms with Crippen molar-refractivity contribution in [3.63, 3.8) is 0 Å². The summed E-state index contributed by atoms with van der Waals surface area (Å²) in [5, 5.41) is 9.23. The zero-order chi connectivity index (χ0) is 15.6. The highest BCUT2D eigenvalue weighted by Gasteiger charge is 2.39. The molecule has 1 heterocycles. The van der Waals surface area contributed by atoms with Crippen LogP contribution in [0.15, 0.2) is 22.7 Å². The van der Waals surface area contributed by atoms with Gasteiger partial charge in [0.1, 0.15) is 5.92 Å². The van der Waals surface area contributed by atoms with Gasteiger partial charge in [0.25, 0.3) is 5.91 Å². The largest absolute Gasteiger partial charge is 0.481 e. The van der Waals surface area contributed by atoms with Gasteiger partial charge in [0.2, 0.25) is 0 Å². The van der Waals surface area contributed by atoms with E-state index in [1.807, 2.05) is 6.92 Å². The molecule has 1 fully saturated rings. The Hall–Kier alpha value is -1.60. The second-order valence-electron chi connectivity index (χ2n) is 4.88. The van der Waals surface area contributed by atoms with Crippen LogP contribution in [0.25, 0.3) is 0 Å². The number of nitrogens with two attached hydrogens (primary N) is 1. The van der Waals surface area contributed by atoms with Crippen molar-refractivity contribution in [2.24, 2.45) is 5.92 Å². The number of hydrogen-bond donors (Lipinski definition) is 2. The molecule has 21 heavy (non-hydrogen) atoms. The van der Waals surface area contributed by atoms with Crippen LogP contribution in [0.3, 0.4) is 0 Å². The number of anilines is 1. The Morgan fingerprint density at radius 2 is 2.19 bits per heavy atom. The molecule has 0 spiro atoms. The van der Waals surface area contributed by atoms with Crippen LogP contribution in [-0.4, -0.2) is 47.7 Å². The monoisotopic (exact) mass is 356 g/mol. The number of rotatable bonds is 4. The van der Waals surface area contributed by atoms with Crippen molar-refractivity contribution in [2.45, 2.75) is 13.0 Å². The maximum Gasteiger partial charge on any atom is 0.311 e. The molecule has 1 aliphatic heterocycles. The molecular weight excluding hydrogens is 340 g/mol. The first-order valence-electron chi connectivity index (χ1n) is 6.62. The topological polar surface area (TPSA) is 92.9 Å². The van der Waals surface area contributed by atoms with Crippen molar-refractivity contribution < 1.29 is 19.4 Å². The van der Waals surface area contributed by atoms with Crippen LogP contribution in [0.2, 0.25) is 0 Å². The molecule has 0 aromatic heterocycles. The molecule has 0 saturated carbocycles. The molecule has 6 nitrogen and oxygen atoms in total. The molecule has 1 amide bonds. The molecule has 0 bridgehead atoms. The Labute approximate surface area is 131 Å². The van der Waals surface area contributed by atoms with Gasteiger partial charge in [0.15, 0.2) is 0 Å². The molecule has 1 aliphatic rings. The molecule has 1 aromatic carbocycles. The van der Waals surface area contributed by atoms with E-state index in [1.165, 1.54) is 4.90 Å². The normalized spacial score (nSPS) is 21.2. The number of halogens is 1. The van der Waals surface area contributed by atoms with Gasteiger partial charge in [-0.25, -0.2) is 0 Å². The predicted molar refractivity (Wildman–Crippen MR) is 81.0 cm³/mol. The molecule has 2 unspecified atom stereocenters. The summed E-state index contributed by atoms with van der Waals surface area (Å²) in [5.41, 5.74) is 6.63. The lowest BCUT2D eigenvalue weighted by Gasteiger charge is -2.29. The Morgan fingerprint density at radius 1 is 1.48 bits per heavy atom. The molecule has 3 N–H and O–H groups in total. The lowest BCUT2D eigenvalue weighted by Crippen LogP contribution is -2.46. The number of ether oxygens (including phenoxy) is 1. The third kappa shape index (κ3) is 3.19. The van der Waals surface area contributed by atoms with Gasteiger partial charge in [-0.3, -0.25) is 9.59 Å². The van der Waals surface area contributed by atoms with Crippen molar-refractivity contribution in [1.29, 1.82) is 0 Å². The van der Waals surface area contributed by atoms with E-state index >= 15 is 0 Å². The molecule has 1 aromatic rings. The Kier molecular flexibility index (Phi) is 4.84. The van der Waals surface area contributed by atoms with Crippen LogP contribution in [-0.2, 0) is 9.53 Å². The minimum Gasteiger partial charge on any atom is -0.481 e. The Balaban J connectivity index is 2.30. The number of carbonyl (C=O) groups excluding carboxylic acids is 1. The van der Waals surface area contributed by atoms with Crippen LogP contribution in [0.5, 0.6) is 0 Å². The van der Waals surface area contributed by atoms with E-state index in [0.717, 1.165) is 0 Å². The van der Waals surface area contributed by atoms with Gasteiger partial charge in [-0.1, -0.05) is 0 Å². The predicted octanol–water partition coefficient (Wildman–Crippen LogP) is 1.59. The fourth-order valence-electron chi connectivity index (χ4n) is 2.48. The van der Waals surface area contributed by atoms with Gasteiger partial charge in [0.05, 0.1) is 24.8 Å². The number of likely N-dealkylation sites (N-methyl/N-ethyl adjacent to an activating group) is 1. The second kappa shape index (κ2) is 6.44. The van der Waals surface area contributed by atoms with Crippen molar-refractivity contribution in [2.75, 3.05) is 25.5 Å². The van der Waals surface area contributed by atoms with Gasteiger partial charge in [-0.2, -0.15) is 0 Å². The van der Waals surface area contributed by atoms with Gasteiger partial charge < -0.3 is 20.5 Å². The average molecular weight is 357 g/mol. The highest BCUT2D eigenvalue weighted by Crippen LogP contribution is 2.26. The quantitative estimate of drug-likeness (QED) is 0.799. The molecular formula is C14H17BrN2O4. The summed E-state index contributed by atoms with van der Waals surface area (Å²) in [5.74, 6) is -1.90. The molecule has 7 heteroatoms. The summed E-state index contributed by atoms with van der Waals surface area (Å²) in [6.45, 7) is 2.57. The lowest BCUT2D eigenvalue weighted by molar-refractivity contribution is -0.142. The number of benzene rings is 1. The molecule has 114 valence electrons. The van der Waals surface area contributed by atoms with Gasteiger partial charge in [-0.05, 0) is 41.1 Å². The lowest BCUT2D eigenvalue weighted by atomic mass is 10.0. The number of amides is 1. The fraction of sp³-hybridized carbons (Fsp3) is 0.429. The summed E-state index contributed by atoms with van der Waals surface area (Å²) in [7, 11) is 0. The summed E-state index contributed by atoms with van der Waals surface area (Å²) in [4.78, 5) is 25.5. The number of carboxylic acids is 1. The first kappa shape index (κ1) is 15.8. The van der Waals surface area contributed by atoms with Gasteiger partial charge in [-0.15, -0.1) is 0 Å². The van der Waals surface area contributed by atoms with Crippen molar-refractivity contribution in [3.05, 3.63) is 28.2 Å². The fourth-order valence-corrected chi connectivity index (χ4v) is 2.89. The summed E-state index contributed by atoms with van der Waals surface area (Å²) < 4.78 is 5.87. The number of hydrogen-bond acceptors (Lipinski definition) is 4. The number of aliphatic carboxylic acids is 1. The van der Waals surface area contributed by atoms with Gasteiger partial charge >= 0.3 is 5.97 Å². The average Bonchev–Trinajstić information content (AvgIpc) is 2.91. The van der Waals surface area contributed by atoms with E-state index in [4.69, 9.17) is 10.5 Å². The molecule has 2 rings (SSSR count). The third-order valence-electron chi connectivity index (χ3n) is 3.59. The van der Waals surface area contributed by atoms with Crippen molar-refractivity contribution in [3.8, 4) is 0 Å². The molecule has 0 radical (unpaired) electrons. The van der Waals surface area contributed by atoms with E-state index in [1.54, 1.807) is 18.2 Å².